The molecule has 14 nitrogen and oxygen atoms in total. The molecule has 0 fully saturated rings. The number of anilines is 4. The molecule has 0 spiro atoms. The quantitative estimate of drug-likeness (QED) is 0.0475. The number of nitrogens with zero attached hydrogens (tertiary/aromatic N) is 8. The summed E-state index contributed by atoms with van der Waals surface area (Å²) < 4.78 is 79.7. The Morgan fingerprint density at radius 3 is 1.41 bits per heavy atom. The molecule has 0 aliphatic carbocycles. The lowest BCUT2D eigenvalue weighted by molar-refractivity contribution is 0.112. The summed E-state index contributed by atoms with van der Waals surface area (Å²) in [6.07, 6.45) is 5.82. The highest BCUT2D eigenvalue weighted by atomic mass is 31.2. The average Bonchev–Trinajstić information content (AvgIpc) is 3.36. The van der Waals surface area contributed by atoms with Crippen LogP contribution >= 0.6 is 7.60 Å². The minimum Gasteiger partial charge on any atom is -0.324 e. The third kappa shape index (κ3) is 13.1. The van der Waals surface area contributed by atoms with Crippen LogP contribution < -0.4 is 10.6 Å². The Morgan fingerprint density at radius 1 is 0.620 bits per heavy atom. The maximum Gasteiger partial charge on any atom is 0.344 e. The minimum absolute atomic E-state index is 0.0817. The SMILES string of the molecule is CCOP(=O)(CC#N)OCC.N#C/C=C/c1cc(F)c(-c2cccc3cnc(Nc4ccc(C#N)cc4)nc23)c(F)c1.N#Cc1ccc(Nc2ncc3cccc(-c4c(F)cc(C=O)cc4F)c3n2)cc1. The van der Waals surface area contributed by atoms with Crippen LogP contribution in [-0.4, -0.2) is 45.6 Å². The molecule has 8 rings (SSSR count). The summed E-state index contributed by atoms with van der Waals surface area (Å²) in [5, 5.41) is 41.9. The molecule has 2 N–H and O–H groups in total. The van der Waals surface area contributed by atoms with Crippen LogP contribution in [0.5, 0.6) is 0 Å². The third-order valence-corrected chi connectivity index (χ3v) is 11.7. The number of rotatable bonds is 13. The van der Waals surface area contributed by atoms with Gasteiger partial charge in [0.05, 0.1) is 70.8 Å². The molecule has 0 aliphatic rings. The Hall–Kier alpha value is -9.16. The number of fused-ring (bicyclic) bond motifs is 2. The Bertz CT molecular complexity index is 3440. The molecule has 0 saturated heterocycles. The molecule has 0 atom stereocenters. The van der Waals surface area contributed by atoms with Crippen molar-refractivity contribution in [3.05, 3.63) is 173 Å². The van der Waals surface area contributed by atoms with Crippen LogP contribution in [0.2, 0.25) is 0 Å². The predicted octanol–water partition coefficient (Wildman–Crippen LogP) is 12.5. The number of nitrogens with one attached hydrogen (secondary N) is 2. The van der Waals surface area contributed by atoms with Gasteiger partial charge in [-0.25, -0.2) is 37.5 Å². The van der Waals surface area contributed by atoms with Crippen LogP contribution in [0.3, 0.4) is 0 Å². The molecule has 352 valence electrons. The molecular weight excluding hydrogens is 936 g/mol. The monoisotopic (exact) mass is 972 g/mol. The molecule has 71 heavy (non-hydrogen) atoms. The van der Waals surface area contributed by atoms with Crippen molar-refractivity contribution in [2.24, 2.45) is 0 Å². The van der Waals surface area contributed by atoms with Gasteiger partial charge >= 0.3 is 7.60 Å². The average molecular weight is 973 g/mol. The number of aldehydes is 1. The minimum atomic E-state index is -3.08. The summed E-state index contributed by atoms with van der Waals surface area (Å²) in [6, 6.07) is 35.4. The van der Waals surface area contributed by atoms with Crippen molar-refractivity contribution in [1.29, 1.82) is 21.0 Å². The van der Waals surface area contributed by atoms with Crippen molar-refractivity contribution in [2.45, 2.75) is 13.8 Å². The van der Waals surface area contributed by atoms with E-state index in [2.05, 4.69) is 30.6 Å². The molecular formula is C52H37F4N10O4P. The van der Waals surface area contributed by atoms with Gasteiger partial charge in [-0.15, -0.1) is 0 Å². The molecule has 2 aromatic heterocycles. The van der Waals surface area contributed by atoms with Gasteiger partial charge in [-0.05, 0) is 98.3 Å². The zero-order valence-electron chi connectivity index (χ0n) is 37.6. The highest BCUT2D eigenvalue weighted by molar-refractivity contribution is 7.54. The van der Waals surface area contributed by atoms with Gasteiger partial charge in [0.2, 0.25) is 11.9 Å². The third-order valence-electron chi connectivity index (χ3n) is 9.83. The second kappa shape index (κ2) is 24.2. The number of carbonyl (C=O) groups is 1. The lowest BCUT2D eigenvalue weighted by atomic mass is 9.99. The Morgan fingerprint density at radius 2 is 1.04 bits per heavy atom. The fraction of sp³-hybridized carbons (Fsp3) is 0.0962. The first-order valence-corrected chi connectivity index (χ1v) is 22.9. The van der Waals surface area contributed by atoms with Crippen LogP contribution in [0.4, 0.5) is 40.8 Å². The second-order valence-electron chi connectivity index (χ2n) is 14.6. The van der Waals surface area contributed by atoms with E-state index in [0.29, 0.717) is 63.8 Å². The first-order chi connectivity index (χ1) is 34.4. The van der Waals surface area contributed by atoms with Crippen molar-refractivity contribution in [3.63, 3.8) is 0 Å². The molecule has 8 aromatic rings. The number of benzene rings is 6. The molecule has 6 aromatic carbocycles. The molecule has 0 aliphatic heterocycles. The summed E-state index contributed by atoms with van der Waals surface area (Å²) in [6.45, 7) is 4.03. The van der Waals surface area contributed by atoms with Gasteiger partial charge < -0.3 is 19.7 Å². The van der Waals surface area contributed by atoms with Gasteiger partial charge in [-0.2, -0.15) is 21.0 Å². The standard InChI is InChI=1S/C24H13F2N5.C22H12F2N4O.C6H12NO3P/c25-20-11-16(3-2-10-27)12-21(26)22(20)19-5-1-4-17-14-29-24(31-23(17)19)30-18-8-6-15(13-28)7-9-18;23-18-8-14(12-29)9-19(24)20(18)17-3-1-2-15-11-26-22(28-21(15)17)27-16-6-4-13(10-25)5-7-16;1-3-9-11(8,6-5-7)10-4-2/h1-9,11-12,14H,(H,29,30,31);1-9,11-12H,(H,26,27,28);3-4,6H2,1-2H3/b3-2+;;. The van der Waals surface area contributed by atoms with Gasteiger partial charge in [-0.1, -0.05) is 36.4 Å². The van der Waals surface area contributed by atoms with E-state index in [1.165, 1.54) is 18.2 Å². The summed E-state index contributed by atoms with van der Waals surface area (Å²) in [5.41, 5.74) is 3.34. The number of hydrogen-bond donors (Lipinski definition) is 2. The number of aromatic nitrogens is 4. The maximum absolute atomic E-state index is 14.8. The highest BCUT2D eigenvalue weighted by Gasteiger charge is 2.23. The number of carbonyl (C=O) groups excluding carboxylic acids is 1. The van der Waals surface area contributed by atoms with E-state index < -0.39 is 30.9 Å². The first-order valence-electron chi connectivity index (χ1n) is 21.2. The summed E-state index contributed by atoms with van der Waals surface area (Å²) in [5.74, 6) is -2.73. The summed E-state index contributed by atoms with van der Waals surface area (Å²) >= 11 is 0. The second-order valence-corrected chi connectivity index (χ2v) is 16.6. The van der Waals surface area contributed by atoms with Crippen LogP contribution in [0.25, 0.3) is 50.1 Å². The predicted molar refractivity (Wildman–Crippen MR) is 260 cm³/mol. The number of para-hydroxylation sites is 2. The largest absolute Gasteiger partial charge is 0.344 e. The molecule has 0 amide bonds. The van der Waals surface area contributed by atoms with Gasteiger partial charge in [0.15, 0.2) is 0 Å². The van der Waals surface area contributed by atoms with Crippen molar-refractivity contribution >= 4 is 65.0 Å². The summed E-state index contributed by atoms with van der Waals surface area (Å²) in [7, 11) is -3.08. The fourth-order valence-corrected chi connectivity index (χ4v) is 7.97. The lowest BCUT2D eigenvalue weighted by Gasteiger charge is -2.12. The molecule has 19 heteroatoms. The number of halogens is 4. The van der Waals surface area contributed by atoms with E-state index in [1.807, 2.05) is 12.1 Å². The van der Waals surface area contributed by atoms with Crippen molar-refractivity contribution < 1.29 is 36.0 Å². The zero-order chi connectivity index (χ0) is 50.9. The molecule has 0 radical (unpaired) electrons. The van der Waals surface area contributed by atoms with E-state index in [1.54, 1.807) is 123 Å². The van der Waals surface area contributed by atoms with E-state index in [4.69, 9.17) is 30.1 Å². The highest BCUT2D eigenvalue weighted by Crippen LogP contribution is 2.47. The number of nitriles is 4. The van der Waals surface area contributed by atoms with Crippen molar-refractivity contribution in [1.82, 2.24) is 19.9 Å². The molecule has 0 saturated carbocycles. The zero-order valence-corrected chi connectivity index (χ0v) is 38.5. The molecule has 0 bridgehead atoms. The Labute approximate surface area is 404 Å². The fourth-order valence-electron chi connectivity index (χ4n) is 6.76. The topological polar surface area (TPSA) is 223 Å². The van der Waals surface area contributed by atoms with E-state index in [-0.39, 0.29) is 51.4 Å². The molecule has 2 heterocycles. The van der Waals surface area contributed by atoms with Crippen LogP contribution in [0.1, 0.15) is 40.9 Å². The molecule has 0 unspecified atom stereocenters. The number of hydrogen-bond acceptors (Lipinski definition) is 14. The Balaban J connectivity index is 0.000000193. The van der Waals surface area contributed by atoms with Crippen LogP contribution in [0.15, 0.2) is 128 Å². The van der Waals surface area contributed by atoms with Gasteiger partial charge in [0, 0.05) is 57.3 Å². The first kappa shape index (κ1) is 51.2. The van der Waals surface area contributed by atoms with Gasteiger partial charge in [0.25, 0.3) is 0 Å². The van der Waals surface area contributed by atoms with E-state index in [0.717, 1.165) is 18.2 Å². The van der Waals surface area contributed by atoms with E-state index >= 15 is 0 Å². The van der Waals surface area contributed by atoms with E-state index in [9.17, 15) is 26.9 Å². The van der Waals surface area contributed by atoms with Crippen LogP contribution in [0, 0.1) is 68.6 Å². The van der Waals surface area contributed by atoms with Crippen LogP contribution in [-0.2, 0) is 13.6 Å². The van der Waals surface area contributed by atoms with Gasteiger partial charge in [-0.3, -0.25) is 9.36 Å². The van der Waals surface area contributed by atoms with Gasteiger partial charge in [0.1, 0.15) is 35.7 Å². The Kier molecular flexibility index (Phi) is 17.5. The maximum atomic E-state index is 14.8. The normalized spacial score (nSPS) is 10.7. The summed E-state index contributed by atoms with van der Waals surface area (Å²) in [4.78, 5) is 28.2. The smallest absolute Gasteiger partial charge is 0.324 e. The van der Waals surface area contributed by atoms with Crippen molar-refractivity contribution in [2.75, 3.05) is 30.0 Å². The number of allylic oxidation sites excluding steroid dienone is 1. The lowest BCUT2D eigenvalue weighted by Crippen LogP contribution is -1.99. The van der Waals surface area contributed by atoms with Crippen molar-refractivity contribution in [3.8, 4) is 46.5 Å².